The number of nitrogens with one attached hydrogen (secondary N) is 2. The number of amides is 2. The van der Waals surface area contributed by atoms with Gasteiger partial charge in [-0.1, -0.05) is 70.2 Å². The second-order valence-electron chi connectivity index (χ2n) is 8.73. The van der Waals surface area contributed by atoms with Crippen molar-refractivity contribution in [2.45, 2.75) is 69.3 Å². The van der Waals surface area contributed by atoms with Crippen molar-refractivity contribution in [1.82, 2.24) is 19.6 Å². The van der Waals surface area contributed by atoms with Crippen LogP contribution in [-0.2, 0) is 23.0 Å². The first-order chi connectivity index (χ1) is 17.2. The van der Waals surface area contributed by atoms with E-state index in [1.54, 1.807) is 30.0 Å². The van der Waals surface area contributed by atoms with Crippen LogP contribution >= 0.6 is 11.8 Å². The van der Waals surface area contributed by atoms with Gasteiger partial charge in [-0.15, -0.1) is 11.8 Å². The number of hydrogen-bond donors (Lipinski definition) is 2. The van der Waals surface area contributed by atoms with Crippen LogP contribution in [0.2, 0.25) is 0 Å². The van der Waals surface area contributed by atoms with Crippen molar-refractivity contribution >= 4 is 27.8 Å². The van der Waals surface area contributed by atoms with E-state index in [9.17, 15) is 13.2 Å². The Labute approximate surface area is 219 Å². The average molecular weight is 529 g/mol. The molecular weight excluding hydrogens is 492 g/mol. The van der Waals surface area contributed by atoms with Crippen molar-refractivity contribution in [2.75, 3.05) is 12.8 Å². The van der Waals surface area contributed by atoms with E-state index < -0.39 is 16.1 Å². The molecule has 0 fully saturated rings. The highest BCUT2D eigenvalue weighted by Crippen LogP contribution is 2.30. The zero-order valence-corrected chi connectivity index (χ0v) is 23.3. The number of rotatable bonds is 11. The lowest BCUT2D eigenvalue weighted by Crippen LogP contribution is -2.39. The standard InChI is InChI=1S/C27H36N4O3S2/c1-6-17-28-27(32)30-36(33,34)24-12-10-9-11-22(24)21-15-13-20(14-16-21)18-31-23(8-3)26(35-5)29-25(31)19(4)7-2/h9-16,19H,6-8,17-18H2,1-5H3,(H2,28,30,32). The maximum atomic E-state index is 13.0. The first-order valence-corrected chi connectivity index (χ1v) is 15.1. The van der Waals surface area contributed by atoms with Gasteiger partial charge in [-0.3, -0.25) is 0 Å². The summed E-state index contributed by atoms with van der Waals surface area (Å²) < 4.78 is 30.3. The van der Waals surface area contributed by atoms with E-state index in [0.717, 1.165) is 34.8 Å². The first kappa shape index (κ1) is 27.8. The number of hydrogen-bond acceptors (Lipinski definition) is 5. The third kappa shape index (κ3) is 6.31. The summed E-state index contributed by atoms with van der Waals surface area (Å²) in [5.41, 5.74) is 3.66. The Hall–Kier alpha value is -2.78. The van der Waals surface area contributed by atoms with Crippen LogP contribution in [0.3, 0.4) is 0 Å². The molecule has 0 spiro atoms. The molecule has 0 aliphatic heterocycles. The Morgan fingerprint density at radius 2 is 1.78 bits per heavy atom. The molecule has 1 unspecified atom stereocenters. The van der Waals surface area contributed by atoms with Crippen molar-refractivity contribution < 1.29 is 13.2 Å². The maximum Gasteiger partial charge on any atom is 0.328 e. The molecule has 0 saturated carbocycles. The molecule has 194 valence electrons. The largest absolute Gasteiger partial charge is 0.337 e. The quantitative estimate of drug-likeness (QED) is 0.307. The van der Waals surface area contributed by atoms with Crippen molar-refractivity contribution in [3.63, 3.8) is 0 Å². The minimum absolute atomic E-state index is 0.0657. The minimum atomic E-state index is -4.03. The molecule has 0 aliphatic rings. The summed E-state index contributed by atoms with van der Waals surface area (Å²) in [5, 5.41) is 3.62. The Bertz CT molecular complexity index is 1280. The summed E-state index contributed by atoms with van der Waals surface area (Å²) in [5.74, 6) is 1.46. The number of urea groups is 1. The van der Waals surface area contributed by atoms with Crippen LogP contribution in [-0.4, -0.2) is 36.8 Å². The van der Waals surface area contributed by atoms with Gasteiger partial charge >= 0.3 is 6.03 Å². The van der Waals surface area contributed by atoms with Crippen molar-refractivity contribution in [1.29, 1.82) is 0 Å². The molecule has 2 aromatic carbocycles. The molecule has 2 amide bonds. The number of benzene rings is 2. The van der Waals surface area contributed by atoms with Gasteiger partial charge in [0.25, 0.3) is 10.0 Å². The highest BCUT2D eigenvalue weighted by atomic mass is 32.2. The molecule has 1 heterocycles. The molecular formula is C27H36N4O3S2. The number of carbonyl (C=O) groups is 1. The van der Waals surface area contributed by atoms with E-state index in [0.29, 0.717) is 31.0 Å². The second kappa shape index (κ2) is 12.5. The summed E-state index contributed by atoms with van der Waals surface area (Å²) in [6.07, 6.45) is 4.70. The number of imidazole rings is 1. The monoisotopic (exact) mass is 528 g/mol. The number of carbonyl (C=O) groups excluding carboxylic acids is 1. The second-order valence-corrected chi connectivity index (χ2v) is 11.2. The molecule has 1 atom stereocenters. The fourth-order valence-corrected chi connectivity index (χ4v) is 5.92. The first-order valence-electron chi connectivity index (χ1n) is 12.4. The predicted molar refractivity (Wildman–Crippen MR) is 147 cm³/mol. The van der Waals surface area contributed by atoms with E-state index in [1.165, 1.54) is 11.8 Å². The lowest BCUT2D eigenvalue weighted by atomic mass is 10.0. The van der Waals surface area contributed by atoms with Crippen LogP contribution in [0.4, 0.5) is 4.79 Å². The number of sulfonamides is 1. The normalized spacial score (nSPS) is 12.4. The van der Waals surface area contributed by atoms with E-state index in [4.69, 9.17) is 4.98 Å². The van der Waals surface area contributed by atoms with Crippen LogP contribution < -0.4 is 10.0 Å². The molecule has 0 bridgehead atoms. The minimum Gasteiger partial charge on any atom is -0.337 e. The molecule has 3 rings (SSSR count). The van der Waals surface area contributed by atoms with E-state index >= 15 is 0 Å². The Morgan fingerprint density at radius 1 is 1.08 bits per heavy atom. The molecule has 36 heavy (non-hydrogen) atoms. The number of nitrogens with zero attached hydrogens (tertiary/aromatic N) is 2. The van der Waals surface area contributed by atoms with Gasteiger partial charge in [-0.2, -0.15) is 0 Å². The topological polar surface area (TPSA) is 93.1 Å². The lowest BCUT2D eigenvalue weighted by molar-refractivity contribution is 0.246. The van der Waals surface area contributed by atoms with E-state index in [1.807, 2.05) is 31.2 Å². The van der Waals surface area contributed by atoms with Crippen LogP contribution in [0, 0.1) is 0 Å². The summed E-state index contributed by atoms with van der Waals surface area (Å²) in [6.45, 7) is 9.55. The zero-order chi connectivity index (χ0) is 26.3. The van der Waals surface area contributed by atoms with Gasteiger partial charge in [0.05, 0.1) is 10.6 Å². The van der Waals surface area contributed by atoms with Gasteiger partial charge in [-0.05, 0) is 42.7 Å². The van der Waals surface area contributed by atoms with E-state index in [-0.39, 0.29) is 4.90 Å². The van der Waals surface area contributed by atoms with Crippen molar-refractivity contribution in [3.8, 4) is 11.1 Å². The molecule has 2 N–H and O–H groups in total. The third-order valence-corrected chi connectivity index (χ3v) is 8.29. The van der Waals surface area contributed by atoms with Gasteiger partial charge in [0.2, 0.25) is 0 Å². The SMILES string of the molecule is CCCNC(=O)NS(=O)(=O)c1ccccc1-c1ccc(Cn2c(C(C)CC)nc(SC)c2CC)cc1. The molecule has 0 saturated heterocycles. The number of aromatic nitrogens is 2. The maximum absolute atomic E-state index is 13.0. The highest BCUT2D eigenvalue weighted by Gasteiger charge is 2.22. The van der Waals surface area contributed by atoms with Crippen LogP contribution in [0.15, 0.2) is 58.5 Å². The summed E-state index contributed by atoms with van der Waals surface area (Å²) in [4.78, 5) is 17.0. The van der Waals surface area contributed by atoms with Crippen LogP contribution in [0.1, 0.15) is 63.5 Å². The third-order valence-electron chi connectivity index (χ3n) is 6.19. The summed E-state index contributed by atoms with van der Waals surface area (Å²) >= 11 is 1.68. The number of thioether (sulfide) groups is 1. The molecule has 0 aliphatic carbocycles. The molecule has 9 heteroatoms. The van der Waals surface area contributed by atoms with Gasteiger partial charge < -0.3 is 9.88 Å². The average Bonchev–Trinajstić information content (AvgIpc) is 3.24. The van der Waals surface area contributed by atoms with Crippen LogP contribution in [0.5, 0.6) is 0 Å². The van der Waals surface area contributed by atoms with Gasteiger partial charge in [-0.25, -0.2) is 22.9 Å². The van der Waals surface area contributed by atoms with Gasteiger partial charge in [0.1, 0.15) is 10.9 Å². The van der Waals surface area contributed by atoms with Gasteiger partial charge in [0.15, 0.2) is 0 Å². The van der Waals surface area contributed by atoms with Gasteiger partial charge in [0, 0.05) is 24.6 Å². The Kier molecular flexibility index (Phi) is 9.62. The van der Waals surface area contributed by atoms with E-state index in [2.05, 4.69) is 41.6 Å². The van der Waals surface area contributed by atoms with Crippen LogP contribution in [0.25, 0.3) is 11.1 Å². The molecule has 1 aromatic heterocycles. The Morgan fingerprint density at radius 3 is 2.39 bits per heavy atom. The fourth-order valence-electron chi connectivity index (χ4n) is 4.09. The zero-order valence-electron chi connectivity index (χ0n) is 21.7. The molecule has 0 radical (unpaired) electrons. The molecule has 7 nitrogen and oxygen atoms in total. The van der Waals surface area contributed by atoms with Crippen molar-refractivity contribution in [2.24, 2.45) is 0 Å². The smallest absolute Gasteiger partial charge is 0.328 e. The fraction of sp³-hybridized carbons (Fsp3) is 0.407. The predicted octanol–water partition coefficient (Wildman–Crippen LogP) is 5.79. The summed E-state index contributed by atoms with van der Waals surface area (Å²) in [6, 6.07) is 13.9. The van der Waals surface area contributed by atoms with Crippen molar-refractivity contribution in [3.05, 3.63) is 65.6 Å². The highest BCUT2D eigenvalue weighted by molar-refractivity contribution is 7.98. The molecule has 3 aromatic rings. The summed E-state index contributed by atoms with van der Waals surface area (Å²) in [7, 11) is -4.03. The lowest BCUT2D eigenvalue weighted by Gasteiger charge is -2.16. The Balaban J connectivity index is 1.91.